The number of phenolic OH excluding ortho intramolecular Hbond substituents is 1. The van der Waals surface area contributed by atoms with Gasteiger partial charge in [0, 0.05) is 11.0 Å². The second kappa shape index (κ2) is 6.49. The van der Waals surface area contributed by atoms with Crippen LogP contribution in [0.4, 0.5) is 5.69 Å². The van der Waals surface area contributed by atoms with Crippen molar-refractivity contribution in [3.8, 4) is 5.75 Å². The lowest BCUT2D eigenvalue weighted by atomic mass is 10.3. The highest BCUT2D eigenvalue weighted by Crippen LogP contribution is 2.31. The van der Waals surface area contributed by atoms with Gasteiger partial charge in [-0.25, -0.2) is 8.42 Å². The molecule has 0 unspecified atom stereocenters. The van der Waals surface area contributed by atoms with E-state index in [1.807, 2.05) is 19.1 Å². The fourth-order valence-electron chi connectivity index (χ4n) is 1.97. The lowest BCUT2D eigenvalue weighted by molar-refractivity contribution is 0.475. The number of aromatic hydroxyl groups is 1. The minimum atomic E-state index is -3.66. The normalized spacial score (nSPS) is 11.3. The van der Waals surface area contributed by atoms with Crippen LogP contribution in [0.3, 0.4) is 0 Å². The third-order valence-corrected chi connectivity index (χ3v) is 5.47. The number of nitrogens with zero attached hydrogens (tertiary/aromatic N) is 1. The Morgan fingerprint density at radius 3 is 2.29 bits per heavy atom. The highest BCUT2D eigenvalue weighted by molar-refractivity contribution is 9.10. The van der Waals surface area contributed by atoms with Crippen LogP contribution in [0.2, 0.25) is 0 Å². The zero-order chi connectivity index (χ0) is 15.5. The predicted octanol–water partition coefficient (Wildman–Crippen LogP) is 3.76. The Kier molecular flexibility index (Phi) is 4.90. The number of hydrogen-bond donors (Lipinski definition) is 1. The molecule has 4 nitrogen and oxygen atoms in total. The summed E-state index contributed by atoms with van der Waals surface area (Å²) in [5, 5.41) is 9.31. The number of sulfonamides is 1. The van der Waals surface area contributed by atoms with Crippen molar-refractivity contribution in [3.05, 3.63) is 53.0 Å². The Bertz CT molecular complexity index is 714. The fraction of sp³-hybridized carbons (Fsp3) is 0.200. The summed E-state index contributed by atoms with van der Waals surface area (Å²) in [7, 11) is -3.66. The van der Waals surface area contributed by atoms with E-state index in [9.17, 15) is 13.5 Å². The second-order valence-electron chi connectivity index (χ2n) is 4.52. The zero-order valence-corrected chi connectivity index (χ0v) is 13.9. The van der Waals surface area contributed by atoms with E-state index in [1.54, 1.807) is 12.1 Å². The summed E-state index contributed by atoms with van der Waals surface area (Å²) in [6.45, 7) is 2.31. The molecule has 2 rings (SSSR count). The van der Waals surface area contributed by atoms with E-state index in [4.69, 9.17) is 0 Å². The van der Waals surface area contributed by atoms with Crippen LogP contribution in [0.1, 0.15) is 13.3 Å². The zero-order valence-electron chi connectivity index (χ0n) is 11.5. The Hall–Kier alpha value is -1.53. The monoisotopic (exact) mass is 369 g/mol. The van der Waals surface area contributed by atoms with Crippen molar-refractivity contribution in [1.29, 1.82) is 0 Å². The van der Waals surface area contributed by atoms with Gasteiger partial charge in [-0.2, -0.15) is 0 Å². The van der Waals surface area contributed by atoms with E-state index in [2.05, 4.69) is 15.9 Å². The maximum Gasteiger partial charge on any atom is 0.264 e. The minimum Gasteiger partial charge on any atom is -0.508 e. The van der Waals surface area contributed by atoms with E-state index in [-0.39, 0.29) is 10.6 Å². The molecule has 0 aromatic heterocycles. The van der Waals surface area contributed by atoms with E-state index in [0.29, 0.717) is 18.7 Å². The summed E-state index contributed by atoms with van der Waals surface area (Å²) in [5.41, 5.74) is 0.604. The Balaban J connectivity index is 2.51. The Morgan fingerprint density at radius 2 is 1.71 bits per heavy atom. The first-order valence-electron chi connectivity index (χ1n) is 6.53. The van der Waals surface area contributed by atoms with E-state index < -0.39 is 10.0 Å². The number of hydrogen-bond acceptors (Lipinski definition) is 3. The maximum absolute atomic E-state index is 12.8. The lowest BCUT2D eigenvalue weighted by Crippen LogP contribution is -2.32. The second-order valence-corrected chi connectivity index (χ2v) is 7.24. The van der Waals surface area contributed by atoms with Gasteiger partial charge in [0.25, 0.3) is 10.0 Å². The molecule has 0 aliphatic rings. The number of rotatable bonds is 5. The predicted molar refractivity (Wildman–Crippen MR) is 87.1 cm³/mol. The SMILES string of the molecule is CCCN(c1ccccc1Br)S(=O)(=O)c1ccc(O)cc1. The number of benzene rings is 2. The molecule has 0 saturated carbocycles. The van der Waals surface area contributed by atoms with Crippen LogP contribution in [0, 0.1) is 0 Å². The maximum atomic E-state index is 12.8. The van der Waals surface area contributed by atoms with Gasteiger partial charge in [-0.1, -0.05) is 19.1 Å². The van der Waals surface area contributed by atoms with Crippen LogP contribution in [0.25, 0.3) is 0 Å². The molecular weight excluding hydrogens is 354 g/mol. The van der Waals surface area contributed by atoms with Crippen molar-refractivity contribution in [2.24, 2.45) is 0 Å². The smallest absolute Gasteiger partial charge is 0.264 e. The molecule has 112 valence electrons. The number of halogens is 1. The van der Waals surface area contributed by atoms with E-state index in [1.165, 1.54) is 28.6 Å². The van der Waals surface area contributed by atoms with Crippen molar-refractivity contribution in [2.75, 3.05) is 10.8 Å². The molecule has 1 N–H and O–H groups in total. The Labute approximate surface area is 133 Å². The number of anilines is 1. The first-order chi connectivity index (χ1) is 9.96. The minimum absolute atomic E-state index is 0.0388. The molecule has 2 aromatic rings. The highest BCUT2D eigenvalue weighted by atomic mass is 79.9. The standard InChI is InChI=1S/C15H16BrNO3S/c1-2-11-17(15-6-4-3-5-14(15)16)21(19,20)13-9-7-12(18)8-10-13/h3-10,18H,2,11H2,1H3. The molecule has 0 radical (unpaired) electrons. The molecule has 0 heterocycles. The van der Waals surface area contributed by atoms with Crippen LogP contribution >= 0.6 is 15.9 Å². The molecule has 21 heavy (non-hydrogen) atoms. The molecular formula is C15H16BrNO3S. The fourth-order valence-corrected chi connectivity index (χ4v) is 4.16. The first kappa shape index (κ1) is 15.9. The molecule has 0 spiro atoms. The third kappa shape index (κ3) is 3.39. The average molecular weight is 370 g/mol. The van der Waals surface area contributed by atoms with Crippen molar-refractivity contribution in [1.82, 2.24) is 0 Å². The van der Waals surface area contributed by atoms with Crippen molar-refractivity contribution >= 4 is 31.6 Å². The van der Waals surface area contributed by atoms with Crippen molar-refractivity contribution in [3.63, 3.8) is 0 Å². The van der Waals surface area contributed by atoms with Gasteiger partial charge in [0.2, 0.25) is 0 Å². The van der Waals surface area contributed by atoms with Crippen LogP contribution < -0.4 is 4.31 Å². The molecule has 0 atom stereocenters. The number of para-hydroxylation sites is 1. The summed E-state index contributed by atoms with van der Waals surface area (Å²) in [6, 6.07) is 12.8. The van der Waals surface area contributed by atoms with Crippen LogP contribution in [0.5, 0.6) is 5.75 Å². The van der Waals surface area contributed by atoms with Crippen LogP contribution in [0.15, 0.2) is 57.9 Å². The van der Waals surface area contributed by atoms with Gasteiger partial charge < -0.3 is 5.11 Å². The average Bonchev–Trinajstić information content (AvgIpc) is 2.46. The van der Waals surface area contributed by atoms with Crippen molar-refractivity contribution < 1.29 is 13.5 Å². The largest absolute Gasteiger partial charge is 0.508 e. The number of phenols is 1. The first-order valence-corrected chi connectivity index (χ1v) is 8.76. The summed E-state index contributed by atoms with van der Waals surface area (Å²) in [5.74, 6) is 0.0388. The summed E-state index contributed by atoms with van der Waals surface area (Å²) in [6.07, 6.45) is 0.693. The van der Waals surface area contributed by atoms with Gasteiger partial charge in [-0.05, 0) is 58.7 Å². The summed E-state index contributed by atoms with van der Waals surface area (Å²) >= 11 is 3.40. The topological polar surface area (TPSA) is 57.6 Å². The van der Waals surface area contributed by atoms with Gasteiger partial charge in [-0.3, -0.25) is 4.31 Å². The van der Waals surface area contributed by atoms with E-state index >= 15 is 0 Å². The molecule has 0 aliphatic carbocycles. The molecule has 0 saturated heterocycles. The molecule has 2 aromatic carbocycles. The summed E-state index contributed by atoms with van der Waals surface area (Å²) in [4.78, 5) is 0.157. The summed E-state index contributed by atoms with van der Waals surface area (Å²) < 4.78 is 27.7. The van der Waals surface area contributed by atoms with Crippen molar-refractivity contribution in [2.45, 2.75) is 18.2 Å². The molecule has 0 amide bonds. The molecule has 0 aliphatic heterocycles. The molecule has 0 fully saturated rings. The van der Waals surface area contributed by atoms with Gasteiger partial charge in [0.1, 0.15) is 5.75 Å². The highest BCUT2D eigenvalue weighted by Gasteiger charge is 2.25. The van der Waals surface area contributed by atoms with Gasteiger partial charge in [0.15, 0.2) is 0 Å². The molecule has 0 bridgehead atoms. The Morgan fingerprint density at radius 1 is 1.10 bits per heavy atom. The van der Waals surface area contributed by atoms with Crippen LogP contribution in [-0.2, 0) is 10.0 Å². The molecule has 6 heteroatoms. The van der Waals surface area contributed by atoms with Gasteiger partial charge >= 0.3 is 0 Å². The van der Waals surface area contributed by atoms with Gasteiger partial charge in [-0.15, -0.1) is 0 Å². The third-order valence-electron chi connectivity index (χ3n) is 2.97. The quantitative estimate of drug-likeness (QED) is 0.872. The van der Waals surface area contributed by atoms with E-state index in [0.717, 1.165) is 4.47 Å². The van der Waals surface area contributed by atoms with Crippen LogP contribution in [-0.4, -0.2) is 20.1 Å². The lowest BCUT2D eigenvalue weighted by Gasteiger charge is -2.25. The van der Waals surface area contributed by atoms with Gasteiger partial charge in [0.05, 0.1) is 10.6 Å².